The Morgan fingerprint density at radius 3 is 1.34 bits per heavy atom. The van der Waals surface area contributed by atoms with E-state index in [2.05, 4.69) is 10.6 Å². The molecule has 4 atom stereocenters. The van der Waals surface area contributed by atoms with Crippen LogP contribution in [0.1, 0.15) is 64.2 Å². The van der Waals surface area contributed by atoms with E-state index in [1.807, 2.05) is 0 Å². The molecule has 0 aromatic heterocycles. The summed E-state index contributed by atoms with van der Waals surface area (Å²) in [5.41, 5.74) is 0. The number of aliphatic carboxylic acids is 5. The molecule has 0 unspecified atom stereocenters. The van der Waals surface area contributed by atoms with Crippen molar-refractivity contribution < 1.29 is 63.9 Å². The van der Waals surface area contributed by atoms with Gasteiger partial charge in [-0.1, -0.05) is 0 Å². The molecule has 7 N–H and O–H groups in total. The third kappa shape index (κ3) is 14.6. The van der Waals surface area contributed by atoms with Gasteiger partial charge in [0.25, 0.3) is 0 Å². The summed E-state index contributed by atoms with van der Waals surface area (Å²) in [6.07, 6.45) is -3.43. The Morgan fingerprint density at radius 1 is 0.553 bits per heavy atom. The molecule has 0 aliphatic carbocycles. The molecule has 0 rings (SSSR count). The zero-order chi connectivity index (χ0) is 29.4. The highest BCUT2D eigenvalue weighted by Crippen LogP contribution is 2.17. The van der Waals surface area contributed by atoms with Gasteiger partial charge in [0.2, 0.25) is 5.91 Å². The highest BCUT2D eigenvalue weighted by atomic mass is 16.4. The van der Waals surface area contributed by atoms with E-state index in [1.54, 1.807) is 0 Å². The van der Waals surface area contributed by atoms with Gasteiger partial charge in [0.05, 0.1) is 11.8 Å². The molecule has 15 heteroatoms. The molecule has 0 heterocycles. The highest BCUT2D eigenvalue weighted by molar-refractivity contribution is 5.87. The Kier molecular flexibility index (Phi) is 15.8. The van der Waals surface area contributed by atoms with Gasteiger partial charge in [0, 0.05) is 38.5 Å². The third-order valence-electron chi connectivity index (χ3n) is 5.78. The number of Topliss-reactive ketones (excluding diaryl/α,β-unsaturated/α-hetero) is 2. The molecule has 0 spiro atoms. The summed E-state index contributed by atoms with van der Waals surface area (Å²) in [5, 5.41) is 50.1. The van der Waals surface area contributed by atoms with Crippen LogP contribution in [0.4, 0.5) is 0 Å². The number of hydrogen-bond acceptors (Lipinski definition) is 9. The SMILES string of the molecule is CN[C@@H](CCC(=O)C[C@@H](CCC(=O)N[C@@H](CCC(=O)C[C@@H](CCC(=O)O)C(=O)O)C(=O)O)C(=O)O)C(=O)O. The van der Waals surface area contributed by atoms with Crippen molar-refractivity contribution in [2.75, 3.05) is 7.05 Å². The number of rotatable bonds is 22. The van der Waals surface area contributed by atoms with Gasteiger partial charge in [-0.3, -0.25) is 33.6 Å². The number of nitrogens with one attached hydrogen (secondary N) is 2. The Morgan fingerprint density at radius 2 is 0.974 bits per heavy atom. The zero-order valence-corrected chi connectivity index (χ0v) is 20.9. The van der Waals surface area contributed by atoms with Crippen molar-refractivity contribution in [2.24, 2.45) is 11.8 Å². The number of amides is 1. The molecule has 1 amide bonds. The number of hydrogen-bond donors (Lipinski definition) is 7. The van der Waals surface area contributed by atoms with Crippen molar-refractivity contribution >= 4 is 47.3 Å². The largest absolute Gasteiger partial charge is 0.481 e. The predicted molar refractivity (Wildman–Crippen MR) is 126 cm³/mol. The number of carboxylic acid groups (broad SMARTS) is 5. The van der Waals surface area contributed by atoms with Crippen LogP contribution in [0.3, 0.4) is 0 Å². The average Bonchev–Trinajstić information content (AvgIpc) is 2.81. The maximum Gasteiger partial charge on any atom is 0.326 e. The Balaban J connectivity index is 4.81. The minimum absolute atomic E-state index is 0.0523. The van der Waals surface area contributed by atoms with Gasteiger partial charge in [-0.05, 0) is 32.7 Å². The number of carbonyl (C=O) groups is 8. The minimum Gasteiger partial charge on any atom is -0.481 e. The van der Waals surface area contributed by atoms with Crippen molar-refractivity contribution in [3.63, 3.8) is 0 Å². The van der Waals surface area contributed by atoms with Crippen LogP contribution < -0.4 is 10.6 Å². The third-order valence-corrected chi connectivity index (χ3v) is 5.78. The summed E-state index contributed by atoms with van der Waals surface area (Å²) in [6, 6.07) is -2.50. The van der Waals surface area contributed by atoms with Crippen LogP contribution in [0.25, 0.3) is 0 Å². The number of carboxylic acids is 5. The quantitative estimate of drug-likeness (QED) is 0.0923. The van der Waals surface area contributed by atoms with Crippen molar-refractivity contribution in [1.82, 2.24) is 10.6 Å². The first-order valence-corrected chi connectivity index (χ1v) is 11.8. The first-order chi connectivity index (χ1) is 17.7. The summed E-state index contributed by atoms with van der Waals surface area (Å²) in [4.78, 5) is 92.2. The summed E-state index contributed by atoms with van der Waals surface area (Å²) in [5.74, 6) is -11.1. The first-order valence-electron chi connectivity index (χ1n) is 11.8. The maximum atomic E-state index is 12.2. The second kappa shape index (κ2) is 17.6. The van der Waals surface area contributed by atoms with Crippen LogP contribution in [0, 0.1) is 11.8 Å². The minimum atomic E-state index is -1.52. The van der Waals surface area contributed by atoms with E-state index in [0.29, 0.717) is 0 Å². The molecule has 0 aliphatic heterocycles. The molecule has 214 valence electrons. The van der Waals surface area contributed by atoms with E-state index in [1.165, 1.54) is 7.05 Å². The van der Waals surface area contributed by atoms with Crippen molar-refractivity contribution in [1.29, 1.82) is 0 Å². The molecule has 0 radical (unpaired) electrons. The number of likely N-dealkylation sites (N-methyl/N-ethyl adjacent to an activating group) is 1. The normalized spacial score (nSPS) is 13.9. The monoisotopic (exact) mass is 546 g/mol. The molecule has 0 aliphatic rings. The van der Waals surface area contributed by atoms with Gasteiger partial charge in [-0.15, -0.1) is 0 Å². The molecule has 0 aromatic carbocycles. The fraction of sp³-hybridized carbons (Fsp3) is 0.652. The average molecular weight is 547 g/mol. The van der Waals surface area contributed by atoms with Crippen LogP contribution in [0.15, 0.2) is 0 Å². The molecule has 0 fully saturated rings. The molecular formula is C23H34N2O13. The Labute approximate surface area is 217 Å². The van der Waals surface area contributed by atoms with Gasteiger partial charge in [-0.2, -0.15) is 0 Å². The lowest BCUT2D eigenvalue weighted by Crippen LogP contribution is -2.41. The van der Waals surface area contributed by atoms with Gasteiger partial charge in [-0.25, -0.2) is 4.79 Å². The second-order valence-corrected chi connectivity index (χ2v) is 8.74. The topological polar surface area (TPSA) is 262 Å². The Hall–Kier alpha value is -3.88. The van der Waals surface area contributed by atoms with E-state index in [0.717, 1.165) is 0 Å². The molecule has 0 saturated carbocycles. The van der Waals surface area contributed by atoms with Gasteiger partial charge in [0.15, 0.2) is 0 Å². The molecule has 15 nitrogen and oxygen atoms in total. The van der Waals surface area contributed by atoms with Crippen LogP contribution in [0.2, 0.25) is 0 Å². The zero-order valence-electron chi connectivity index (χ0n) is 20.9. The number of ketones is 2. The lowest BCUT2D eigenvalue weighted by Gasteiger charge is -2.16. The van der Waals surface area contributed by atoms with E-state index < -0.39 is 103 Å². The summed E-state index contributed by atoms with van der Waals surface area (Å²) >= 11 is 0. The van der Waals surface area contributed by atoms with Gasteiger partial charge < -0.3 is 36.2 Å². The van der Waals surface area contributed by atoms with E-state index in [-0.39, 0.29) is 32.1 Å². The molecule has 0 aromatic rings. The molecule has 0 saturated heterocycles. The first kappa shape index (κ1) is 34.1. The molecule has 0 bridgehead atoms. The summed E-state index contributed by atoms with van der Waals surface area (Å²) in [7, 11) is 1.40. The van der Waals surface area contributed by atoms with E-state index in [9.17, 15) is 48.6 Å². The van der Waals surface area contributed by atoms with E-state index in [4.69, 9.17) is 15.3 Å². The standard InChI is InChI=1S/C23H34N2O13/c1-24-16(22(35)36)6-4-14(26)10-12(20(31)32)2-8-18(28)25-17(23(37)38)7-5-15(27)11-13(21(33)34)3-9-19(29)30/h12-13,16-17,24H,2-11H2,1H3,(H,25,28)(H,29,30)(H,31,32)(H,33,34)(H,35,36)(H,37,38)/t12-,13-,16+,17+/m1/s1. The maximum absolute atomic E-state index is 12.2. The highest BCUT2D eigenvalue weighted by Gasteiger charge is 2.27. The fourth-order valence-corrected chi connectivity index (χ4v) is 3.51. The van der Waals surface area contributed by atoms with Crippen LogP contribution in [-0.4, -0.2) is 92.0 Å². The molecular weight excluding hydrogens is 512 g/mol. The molecule has 38 heavy (non-hydrogen) atoms. The smallest absolute Gasteiger partial charge is 0.326 e. The van der Waals surface area contributed by atoms with Crippen LogP contribution in [-0.2, 0) is 38.4 Å². The fourth-order valence-electron chi connectivity index (χ4n) is 3.51. The Bertz CT molecular complexity index is 902. The van der Waals surface area contributed by atoms with Gasteiger partial charge in [0.1, 0.15) is 23.7 Å². The van der Waals surface area contributed by atoms with Crippen LogP contribution in [0.5, 0.6) is 0 Å². The summed E-state index contributed by atoms with van der Waals surface area (Å²) in [6.45, 7) is 0. The lowest BCUT2D eigenvalue weighted by molar-refractivity contribution is -0.145. The number of carbonyl (C=O) groups excluding carboxylic acids is 3. The lowest BCUT2D eigenvalue weighted by atomic mass is 9.94. The second-order valence-electron chi connectivity index (χ2n) is 8.74. The van der Waals surface area contributed by atoms with Gasteiger partial charge >= 0.3 is 29.8 Å². The van der Waals surface area contributed by atoms with Crippen LogP contribution >= 0.6 is 0 Å². The van der Waals surface area contributed by atoms with Crippen molar-refractivity contribution in [3.05, 3.63) is 0 Å². The van der Waals surface area contributed by atoms with E-state index >= 15 is 0 Å². The predicted octanol–water partition coefficient (Wildman–Crippen LogP) is -0.246. The van der Waals surface area contributed by atoms with Crippen molar-refractivity contribution in [3.8, 4) is 0 Å². The van der Waals surface area contributed by atoms with Crippen molar-refractivity contribution in [2.45, 2.75) is 76.3 Å². The summed E-state index contributed by atoms with van der Waals surface area (Å²) < 4.78 is 0.